The average molecular weight is 286 g/mol. The van der Waals surface area contributed by atoms with Gasteiger partial charge in [-0.25, -0.2) is 0 Å². The molecule has 0 amide bonds. The highest BCUT2D eigenvalue weighted by molar-refractivity contribution is 9.18. The lowest BCUT2D eigenvalue weighted by Gasteiger charge is -2.05. The van der Waals surface area contributed by atoms with E-state index in [1.165, 1.54) is 11.3 Å². The molecule has 0 fully saturated rings. The molecule has 78 valence electrons. The number of rotatable bonds is 2. The minimum Gasteiger partial charge on any atom is -0.499 e. The van der Waals surface area contributed by atoms with Gasteiger partial charge in [0.15, 0.2) is 5.06 Å². The molecule has 1 heterocycles. The van der Waals surface area contributed by atoms with E-state index >= 15 is 0 Å². The molecule has 0 aliphatic rings. The summed E-state index contributed by atoms with van der Waals surface area (Å²) in [6.45, 7) is 0. The monoisotopic (exact) mass is 285 g/mol. The summed E-state index contributed by atoms with van der Waals surface area (Å²) < 4.78 is 0.593. The Morgan fingerprint density at radius 2 is 2.13 bits per heavy atom. The van der Waals surface area contributed by atoms with Crippen molar-refractivity contribution in [2.45, 2.75) is 6.04 Å². The van der Waals surface area contributed by atoms with Crippen LogP contribution in [0.15, 0.2) is 24.3 Å². The molecule has 3 N–H and O–H groups in total. The molecule has 3 nitrogen and oxygen atoms in total. The minimum atomic E-state index is -0.818. The van der Waals surface area contributed by atoms with Gasteiger partial charge in [0.05, 0.1) is 0 Å². The largest absolute Gasteiger partial charge is 0.499 e. The van der Waals surface area contributed by atoms with E-state index in [0.717, 1.165) is 10.1 Å². The van der Waals surface area contributed by atoms with E-state index in [1.807, 2.05) is 24.3 Å². The summed E-state index contributed by atoms with van der Waals surface area (Å²) in [5.41, 5.74) is 6.20. The van der Waals surface area contributed by atoms with Crippen LogP contribution in [-0.4, -0.2) is 9.80 Å². The van der Waals surface area contributed by atoms with Crippen molar-refractivity contribution in [3.05, 3.63) is 29.8 Å². The molecule has 1 unspecified atom stereocenters. The molecule has 5 heteroatoms. The number of fused-ring (bicyclic) bond motifs is 1. The van der Waals surface area contributed by atoms with E-state index in [9.17, 15) is 9.90 Å². The standard InChI is InChI=1S/C10H8BrNO2S/c11-9(13)8(12)7-5-3-1-2-4-6(5)15-10(7)14/h1-4,8,14H,12H2. The van der Waals surface area contributed by atoms with Crippen molar-refractivity contribution < 1.29 is 9.90 Å². The number of halogens is 1. The van der Waals surface area contributed by atoms with Crippen LogP contribution in [0.3, 0.4) is 0 Å². The van der Waals surface area contributed by atoms with E-state index in [-0.39, 0.29) is 9.76 Å². The van der Waals surface area contributed by atoms with Gasteiger partial charge in [-0.3, -0.25) is 4.79 Å². The Hall–Kier alpha value is -0.910. The van der Waals surface area contributed by atoms with E-state index in [0.29, 0.717) is 5.56 Å². The van der Waals surface area contributed by atoms with E-state index in [2.05, 4.69) is 15.9 Å². The lowest BCUT2D eigenvalue weighted by molar-refractivity contribution is -0.111. The van der Waals surface area contributed by atoms with Gasteiger partial charge in [0, 0.05) is 15.6 Å². The zero-order valence-electron chi connectivity index (χ0n) is 7.61. The van der Waals surface area contributed by atoms with Crippen molar-refractivity contribution in [1.82, 2.24) is 0 Å². The number of hydrogen-bond acceptors (Lipinski definition) is 4. The van der Waals surface area contributed by atoms with Gasteiger partial charge in [-0.15, -0.1) is 0 Å². The van der Waals surface area contributed by atoms with Gasteiger partial charge in [0.2, 0.25) is 4.69 Å². The summed E-state index contributed by atoms with van der Waals surface area (Å²) in [4.78, 5) is 11.1. The van der Waals surface area contributed by atoms with Gasteiger partial charge in [-0.2, -0.15) is 0 Å². The Morgan fingerprint density at radius 3 is 2.80 bits per heavy atom. The third-order valence-corrected chi connectivity index (χ3v) is 3.65. The molecule has 1 atom stereocenters. The first-order chi connectivity index (χ1) is 7.11. The molecule has 0 aliphatic carbocycles. The van der Waals surface area contributed by atoms with E-state index in [4.69, 9.17) is 5.73 Å². The average Bonchev–Trinajstić information content (AvgIpc) is 2.52. The van der Waals surface area contributed by atoms with Gasteiger partial charge in [-0.1, -0.05) is 29.5 Å². The second-order valence-corrected chi connectivity index (χ2v) is 4.91. The predicted molar refractivity (Wildman–Crippen MR) is 64.4 cm³/mol. The molecule has 15 heavy (non-hydrogen) atoms. The fourth-order valence-corrected chi connectivity index (χ4v) is 2.69. The second kappa shape index (κ2) is 3.92. The van der Waals surface area contributed by atoms with Crippen LogP contribution in [0.2, 0.25) is 0 Å². The third kappa shape index (κ3) is 1.78. The molecule has 0 aliphatic heterocycles. The highest BCUT2D eigenvalue weighted by Crippen LogP contribution is 2.40. The summed E-state index contributed by atoms with van der Waals surface area (Å²) >= 11 is 4.04. The molecular weight excluding hydrogens is 278 g/mol. The van der Waals surface area contributed by atoms with Gasteiger partial charge >= 0.3 is 0 Å². The number of carbonyl (C=O) groups is 1. The van der Waals surface area contributed by atoms with Crippen LogP contribution in [0, 0.1) is 0 Å². The Kier molecular flexibility index (Phi) is 2.77. The number of benzene rings is 1. The predicted octanol–water partition coefficient (Wildman–Crippen LogP) is 2.53. The maximum absolute atomic E-state index is 11.1. The van der Waals surface area contributed by atoms with Gasteiger partial charge < -0.3 is 10.8 Å². The fourth-order valence-electron chi connectivity index (χ4n) is 1.47. The Labute approximate surface area is 98.6 Å². The van der Waals surface area contributed by atoms with Crippen LogP contribution in [-0.2, 0) is 4.79 Å². The number of carbonyl (C=O) groups excluding carboxylic acids is 1. The minimum absolute atomic E-state index is 0.108. The molecule has 0 bridgehead atoms. The number of nitrogens with two attached hydrogens (primary N) is 1. The highest BCUT2D eigenvalue weighted by atomic mass is 79.9. The van der Waals surface area contributed by atoms with Crippen LogP contribution >= 0.6 is 27.3 Å². The van der Waals surface area contributed by atoms with Crippen molar-refractivity contribution in [3.8, 4) is 5.06 Å². The number of aromatic hydroxyl groups is 1. The molecule has 0 saturated heterocycles. The fraction of sp³-hybridized carbons (Fsp3) is 0.100. The van der Waals surface area contributed by atoms with Gasteiger partial charge in [0.25, 0.3) is 0 Å². The maximum Gasteiger partial charge on any atom is 0.219 e. The SMILES string of the molecule is NC(C(=O)Br)c1c(O)sc2ccccc12. The van der Waals surface area contributed by atoms with Crippen molar-refractivity contribution >= 4 is 42.0 Å². The van der Waals surface area contributed by atoms with Gasteiger partial charge in [0.1, 0.15) is 6.04 Å². The molecule has 0 spiro atoms. The quantitative estimate of drug-likeness (QED) is 0.834. The van der Waals surface area contributed by atoms with Crippen LogP contribution in [0.5, 0.6) is 5.06 Å². The summed E-state index contributed by atoms with van der Waals surface area (Å²) in [6, 6.07) is 6.64. The van der Waals surface area contributed by atoms with Crippen molar-refractivity contribution in [2.75, 3.05) is 0 Å². The lowest BCUT2D eigenvalue weighted by Crippen LogP contribution is -2.16. The summed E-state index contributed by atoms with van der Waals surface area (Å²) in [5.74, 6) is 0. The van der Waals surface area contributed by atoms with E-state index < -0.39 is 6.04 Å². The summed E-state index contributed by atoms with van der Waals surface area (Å²) in [7, 11) is 0. The number of thiophene rings is 1. The van der Waals surface area contributed by atoms with Crippen LogP contribution in [0.25, 0.3) is 10.1 Å². The van der Waals surface area contributed by atoms with Crippen molar-refractivity contribution in [3.63, 3.8) is 0 Å². The van der Waals surface area contributed by atoms with Crippen LogP contribution < -0.4 is 5.73 Å². The Morgan fingerprint density at radius 1 is 1.47 bits per heavy atom. The normalized spacial score (nSPS) is 12.9. The molecule has 2 aromatic rings. The zero-order chi connectivity index (χ0) is 11.0. The van der Waals surface area contributed by atoms with Gasteiger partial charge in [-0.05, 0) is 22.0 Å². The molecular formula is C10H8BrNO2S. The topological polar surface area (TPSA) is 63.3 Å². The first kappa shape index (κ1) is 10.6. The molecule has 1 aromatic heterocycles. The highest BCUT2D eigenvalue weighted by Gasteiger charge is 2.21. The maximum atomic E-state index is 11.1. The lowest BCUT2D eigenvalue weighted by atomic mass is 10.1. The number of hydrogen-bond donors (Lipinski definition) is 2. The van der Waals surface area contributed by atoms with Crippen LogP contribution in [0.4, 0.5) is 0 Å². The smallest absolute Gasteiger partial charge is 0.219 e. The van der Waals surface area contributed by atoms with Crippen molar-refractivity contribution in [2.24, 2.45) is 5.73 Å². The van der Waals surface area contributed by atoms with Crippen LogP contribution in [0.1, 0.15) is 11.6 Å². The summed E-state index contributed by atoms with van der Waals surface area (Å²) in [5, 5.41) is 10.7. The first-order valence-electron chi connectivity index (χ1n) is 4.26. The molecule has 2 rings (SSSR count). The van der Waals surface area contributed by atoms with E-state index in [1.54, 1.807) is 0 Å². The molecule has 0 radical (unpaired) electrons. The molecule has 1 aromatic carbocycles. The summed E-state index contributed by atoms with van der Waals surface area (Å²) in [6.07, 6.45) is 0. The zero-order valence-corrected chi connectivity index (χ0v) is 10.0. The Balaban J connectivity index is 2.68. The second-order valence-electron chi connectivity index (χ2n) is 3.10. The third-order valence-electron chi connectivity index (χ3n) is 2.17. The van der Waals surface area contributed by atoms with Crippen molar-refractivity contribution in [1.29, 1.82) is 0 Å². The molecule has 0 saturated carbocycles. The Bertz CT molecular complexity index is 523. The first-order valence-corrected chi connectivity index (χ1v) is 5.87.